The van der Waals surface area contributed by atoms with Crippen LogP contribution in [0.25, 0.3) is 0 Å². The highest BCUT2D eigenvalue weighted by molar-refractivity contribution is 6.00. The predicted molar refractivity (Wildman–Crippen MR) is 312 cm³/mol. The Balaban J connectivity index is 0.901. The number of aliphatic hydroxyl groups excluding tert-OH is 1. The lowest BCUT2D eigenvalue weighted by Crippen LogP contribution is -2.78. The van der Waals surface area contributed by atoms with E-state index in [4.69, 9.17) is 15.2 Å². The molecule has 7 saturated carbocycles. The average molecular weight is 1090 g/mol. The number of nitrogens with zero attached hydrogens (tertiary/aromatic N) is 2. The van der Waals surface area contributed by atoms with Crippen molar-refractivity contribution in [2.75, 3.05) is 19.6 Å². The number of rotatable bonds is 5. The van der Waals surface area contributed by atoms with Crippen LogP contribution in [0.3, 0.4) is 0 Å². The van der Waals surface area contributed by atoms with Crippen LogP contribution < -0.4 is 5.73 Å². The van der Waals surface area contributed by atoms with Gasteiger partial charge in [0, 0.05) is 60.2 Å². The number of allylic oxidation sites excluding steroid dienone is 4. The third-order valence-electron chi connectivity index (χ3n) is 30.4. The number of fused-ring (bicyclic) bond motifs is 8. The molecule has 0 amide bonds. The summed E-state index contributed by atoms with van der Waals surface area (Å²) < 4.78 is 15.3. The molecule has 8 heterocycles. The molecule has 6 spiro atoms. The molecule has 81 heavy (non-hydrogen) atoms. The van der Waals surface area contributed by atoms with E-state index < -0.39 is 16.4 Å². The Hall–Kier alpha value is -3.36. The van der Waals surface area contributed by atoms with E-state index in [-0.39, 0.29) is 47.1 Å². The van der Waals surface area contributed by atoms with E-state index >= 15 is 9.59 Å². The minimum absolute atomic E-state index is 0.0941. The van der Waals surface area contributed by atoms with Gasteiger partial charge in [0.25, 0.3) is 0 Å². The van der Waals surface area contributed by atoms with Crippen molar-refractivity contribution in [3.8, 4) is 0 Å². The van der Waals surface area contributed by atoms with Gasteiger partial charge in [-0.05, 0) is 222 Å². The molecule has 20 rings (SSSR count). The maximum Gasteiger partial charge on any atom is 0.339 e. The zero-order chi connectivity index (χ0) is 53.6. The molecule has 19 aliphatic rings. The summed E-state index contributed by atoms with van der Waals surface area (Å²) in [6, 6.07) is 7.91. The van der Waals surface area contributed by atoms with Crippen molar-refractivity contribution in [1.82, 2.24) is 9.80 Å². The maximum atomic E-state index is 17.2. The van der Waals surface area contributed by atoms with Gasteiger partial charge in [0.1, 0.15) is 11.2 Å². The predicted octanol–water partition coefficient (Wildman–Crippen LogP) is 14.7. The number of ether oxygens (including phenoxy) is 2. The summed E-state index contributed by atoms with van der Waals surface area (Å²) in [6.07, 6.45) is 46.1. The largest absolute Gasteiger partial charge is 0.508 e. The van der Waals surface area contributed by atoms with E-state index in [2.05, 4.69) is 40.2 Å². The Morgan fingerprint density at radius 3 is 2.25 bits per heavy atom. The van der Waals surface area contributed by atoms with Gasteiger partial charge in [-0.2, -0.15) is 0 Å². The molecule has 12 fully saturated rings. The molecule has 11 aliphatic carbocycles. The van der Waals surface area contributed by atoms with E-state index in [1.54, 1.807) is 11.3 Å². The highest BCUT2D eigenvalue weighted by Crippen LogP contribution is 2.89. The topological polar surface area (TPSA) is 105 Å². The lowest BCUT2D eigenvalue weighted by Gasteiger charge is -2.73. The minimum Gasteiger partial charge on any atom is -0.508 e. The second-order valence-corrected chi connectivity index (χ2v) is 32.6. The number of hydrogen-bond acceptors (Lipinski definition) is 8. The molecule has 0 aromatic heterocycles. The van der Waals surface area contributed by atoms with Gasteiger partial charge in [0.15, 0.2) is 11.4 Å². The van der Waals surface area contributed by atoms with Crippen molar-refractivity contribution in [1.29, 1.82) is 0 Å². The highest BCUT2D eigenvalue weighted by Gasteiger charge is 2.94. The van der Waals surface area contributed by atoms with Crippen LogP contribution in [0.5, 0.6) is 0 Å². The third-order valence-corrected chi connectivity index (χ3v) is 30.4. The second kappa shape index (κ2) is 17.2. The molecule has 1 aromatic rings. The van der Waals surface area contributed by atoms with Crippen LogP contribution in [0.4, 0.5) is 0 Å². The second-order valence-electron chi connectivity index (χ2n) is 32.6. The van der Waals surface area contributed by atoms with E-state index in [0.717, 1.165) is 67.7 Å². The number of aliphatic hydroxyl groups is 1. The molecule has 16 atom stereocenters. The molecule has 0 radical (unpaired) electrons. The van der Waals surface area contributed by atoms with Crippen molar-refractivity contribution in [2.24, 2.45) is 104 Å². The summed E-state index contributed by atoms with van der Waals surface area (Å²) in [7, 11) is 0. The first-order chi connectivity index (χ1) is 39.7. The molecule has 432 valence electrons. The van der Waals surface area contributed by atoms with Crippen LogP contribution in [0.15, 0.2) is 64.3 Å². The number of piperidine rings is 3. The molecule has 1 aromatic carbocycles. The van der Waals surface area contributed by atoms with E-state index in [9.17, 15) is 5.11 Å². The summed E-state index contributed by atoms with van der Waals surface area (Å²) in [4.78, 5) is 39.3. The van der Waals surface area contributed by atoms with Gasteiger partial charge in [-0.25, -0.2) is 4.79 Å². The first-order valence-corrected chi connectivity index (χ1v) is 35.1. The molecular formula is C73H95N3O5. The lowest BCUT2D eigenvalue weighted by atomic mass is 9.27. The Morgan fingerprint density at radius 2 is 1.48 bits per heavy atom. The number of hydrogen-bond donors (Lipinski definition) is 2. The van der Waals surface area contributed by atoms with Crippen molar-refractivity contribution < 1.29 is 24.2 Å². The number of nitrogens with two attached hydrogens (primary N) is 1. The zero-order valence-corrected chi connectivity index (χ0v) is 49.1. The molecule has 5 saturated heterocycles. The van der Waals surface area contributed by atoms with E-state index in [0.29, 0.717) is 88.8 Å². The smallest absolute Gasteiger partial charge is 0.339 e. The number of benzene rings is 1. The van der Waals surface area contributed by atoms with E-state index in [1.165, 1.54) is 179 Å². The monoisotopic (exact) mass is 1090 g/mol. The van der Waals surface area contributed by atoms with Gasteiger partial charge in [-0.1, -0.05) is 119 Å². The fourth-order valence-electron chi connectivity index (χ4n) is 28.4. The number of carbonyl (C=O) groups excluding carboxylic acids is 2. The fourth-order valence-corrected chi connectivity index (χ4v) is 28.4. The number of esters is 2. The molecule has 9 bridgehead atoms. The van der Waals surface area contributed by atoms with E-state index in [1.807, 2.05) is 5.57 Å². The average Bonchev–Trinajstić information content (AvgIpc) is 1.59. The summed E-state index contributed by atoms with van der Waals surface area (Å²) in [5, 5.41) is 14.8. The highest BCUT2D eigenvalue weighted by atomic mass is 16.6. The minimum atomic E-state index is -1.14. The van der Waals surface area contributed by atoms with Gasteiger partial charge in [-0.3, -0.25) is 9.69 Å². The van der Waals surface area contributed by atoms with Crippen molar-refractivity contribution in [3.63, 3.8) is 0 Å². The van der Waals surface area contributed by atoms with Crippen LogP contribution in [-0.4, -0.2) is 64.6 Å². The van der Waals surface area contributed by atoms with Gasteiger partial charge in [-0.15, -0.1) is 0 Å². The third kappa shape index (κ3) is 5.92. The summed E-state index contributed by atoms with van der Waals surface area (Å²) in [6.45, 7) is 2.92. The molecule has 3 N–H and O–H groups in total. The quantitative estimate of drug-likeness (QED) is 0.222. The van der Waals surface area contributed by atoms with Crippen molar-refractivity contribution in [3.05, 3.63) is 81.0 Å². The van der Waals surface area contributed by atoms with Crippen LogP contribution in [-0.2, 0) is 26.3 Å². The van der Waals surface area contributed by atoms with Crippen LogP contribution in [0, 0.1) is 98.1 Å². The van der Waals surface area contributed by atoms with Gasteiger partial charge in [0.05, 0.1) is 11.0 Å². The number of carbonyl (C=O) groups is 2. The first-order valence-electron chi connectivity index (χ1n) is 35.1. The summed E-state index contributed by atoms with van der Waals surface area (Å²) >= 11 is 0. The van der Waals surface area contributed by atoms with Crippen molar-refractivity contribution >= 4 is 11.9 Å². The van der Waals surface area contributed by atoms with Gasteiger partial charge in [0.2, 0.25) is 0 Å². The Kier molecular flexibility index (Phi) is 10.6. The summed E-state index contributed by atoms with van der Waals surface area (Å²) in [5.41, 5.74) is 13.3. The van der Waals surface area contributed by atoms with Gasteiger partial charge >= 0.3 is 11.9 Å². The summed E-state index contributed by atoms with van der Waals surface area (Å²) in [5.74, 6) is 5.27. The molecule has 8 nitrogen and oxygen atoms in total. The molecule has 8 heteroatoms. The fraction of sp³-hybridized carbons (Fsp3) is 0.781. The first kappa shape index (κ1) is 49.9. The zero-order valence-electron chi connectivity index (χ0n) is 49.1. The van der Waals surface area contributed by atoms with Crippen LogP contribution in [0.1, 0.15) is 227 Å². The molecular weight excluding hydrogens is 999 g/mol. The standard InChI is InChI=1S/C73H95N3O5/c74-32-12-18-44-17-11-19-55-58(44)66(78)81-73(55)57-37-45(42-13-3-1-4-14-42)20-21-46-34-53-52(43-15-5-2-6-16-43)35-47-22-23-56-49-33-50-39-75(56)62(47)59(53)51-25-31-71(73)65(80-67(79)72(57,71)60(46)51)63(77)54-36-48-24-30-68(64(54)76(38-49)61(48)50)40-69(26-7-8-27-69)70(41-68)28-9-10-29-70/h11,17,19-21,42-43,45-46,48-50,52-54,56-57,59,61,64,77H,1-10,12-16,18,22-41,74H2/b21-20-,65-63+/t45-,46-,48-,49+,50+,52-,53-,54+,56+,57+,59+,61+,64-,71-,72-,73-/m1/s1. The van der Waals surface area contributed by atoms with Crippen molar-refractivity contribution in [2.45, 2.75) is 236 Å². The van der Waals surface area contributed by atoms with Gasteiger partial charge < -0.3 is 25.2 Å². The molecule has 0 unspecified atom stereocenters. The normalized spacial score (nSPS) is 47.4. The van der Waals surface area contributed by atoms with Crippen LogP contribution >= 0.6 is 0 Å². The maximum absolute atomic E-state index is 17.2. The molecule has 8 aliphatic heterocycles. The Bertz CT molecular complexity index is 2990. The number of aryl methyl sites for hydroxylation is 1. The Morgan fingerprint density at radius 1 is 0.716 bits per heavy atom. The SMILES string of the molecule is NCCCc1cccc2c1C(=O)O[C@@]21[C@H]2C[C@H](C3CCCCC3)/C=C\[C@@H]3C[C@H]4[C@@H]5C6=C3[C@@]23C(=O)O/C(=C(/O)[C@@H]2C[C@H]7CCC8(CC9(CCCC9)C9(CCCC9)C8)[C@@H]2N2C[C@@H]8C[C@@H](CN9C5=C(CC[C@@H]89)C[C@@H]4C4CCCCC4)[C@H]72)[C@]31CC6. The Labute approximate surface area is 483 Å². The van der Waals surface area contributed by atoms with Crippen LogP contribution in [0.2, 0.25) is 0 Å². The lowest BCUT2D eigenvalue weighted by molar-refractivity contribution is -0.283.